The van der Waals surface area contributed by atoms with Crippen molar-refractivity contribution >= 4 is 68.3 Å². The number of nitrogens with one attached hydrogen (secondary N) is 2. The van der Waals surface area contributed by atoms with Gasteiger partial charge < -0.3 is 10.6 Å². The number of rotatable bonds is 9. The lowest BCUT2D eigenvalue weighted by molar-refractivity contribution is -0.114. The first kappa shape index (κ1) is 22.4. The second-order valence-electron chi connectivity index (χ2n) is 6.89. The topological polar surface area (TPSA) is 71.1 Å². The van der Waals surface area contributed by atoms with Crippen LogP contribution in [0.5, 0.6) is 0 Å². The number of thioether (sulfide) groups is 2. The molecule has 1 aromatic heterocycles. The van der Waals surface area contributed by atoms with Crippen molar-refractivity contribution in [1.29, 1.82) is 0 Å². The molecule has 0 radical (unpaired) electrons. The van der Waals surface area contributed by atoms with Crippen LogP contribution in [0.15, 0.2) is 83.2 Å². The highest BCUT2D eigenvalue weighted by atomic mass is 32.2. The molecule has 0 bridgehead atoms. The molecule has 4 rings (SSSR count). The summed E-state index contributed by atoms with van der Waals surface area (Å²) in [7, 11) is 0. The van der Waals surface area contributed by atoms with E-state index in [1.54, 1.807) is 23.1 Å². The minimum absolute atomic E-state index is 0.124. The number of thiazole rings is 1. The van der Waals surface area contributed by atoms with E-state index >= 15 is 0 Å². The van der Waals surface area contributed by atoms with Gasteiger partial charge >= 0.3 is 0 Å². The lowest BCUT2D eigenvalue weighted by Gasteiger charge is -2.06. The van der Waals surface area contributed by atoms with Gasteiger partial charge in [-0.2, -0.15) is 0 Å². The number of hydrogen-bond acceptors (Lipinski definition) is 6. The van der Waals surface area contributed by atoms with Gasteiger partial charge in [-0.15, -0.1) is 23.1 Å². The van der Waals surface area contributed by atoms with Crippen LogP contribution in [0.3, 0.4) is 0 Å². The van der Waals surface area contributed by atoms with Gasteiger partial charge in [0.2, 0.25) is 11.8 Å². The Morgan fingerprint density at radius 3 is 2.19 bits per heavy atom. The molecule has 8 heteroatoms. The molecule has 0 spiro atoms. The molecule has 1 heterocycles. The zero-order valence-corrected chi connectivity index (χ0v) is 19.6. The van der Waals surface area contributed by atoms with E-state index in [0.29, 0.717) is 0 Å². The number of carbonyl (C=O) groups excluding carboxylic acids is 2. The number of anilines is 2. The van der Waals surface area contributed by atoms with Gasteiger partial charge in [-0.05, 0) is 35.9 Å². The Hall–Kier alpha value is -2.81. The first-order chi connectivity index (χ1) is 15.7. The zero-order valence-electron chi connectivity index (χ0n) is 17.1. The first-order valence-electron chi connectivity index (χ1n) is 9.95. The van der Waals surface area contributed by atoms with Gasteiger partial charge in [-0.25, -0.2) is 4.98 Å². The molecule has 32 heavy (non-hydrogen) atoms. The fraction of sp³-hybridized carbons (Fsp3) is 0.125. The third-order valence-corrected chi connectivity index (χ3v) is 7.55. The maximum atomic E-state index is 12.3. The van der Waals surface area contributed by atoms with Crippen LogP contribution in [-0.4, -0.2) is 28.3 Å². The van der Waals surface area contributed by atoms with Crippen LogP contribution in [0.25, 0.3) is 10.2 Å². The highest BCUT2D eigenvalue weighted by molar-refractivity contribution is 8.00. The fourth-order valence-electron chi connectivity index (χ4n) is 2.91. The van der Waals surface area contributed by atoms with E-state index in [4.69, 9.17) is 0 Å². The molecule has 2 N–H and O–H groups in total. The molecule has 0 saturated heterocycles. The average Bonchev–Trinajstić information content (AvgIpc) is 3.21. The van der Waals surface area contributed by atoms with Crippen molar-refractivity contribution in [3.8, 4) is 0 Å². The van der Waals surface area contributed by atoms with E-state index in [-0.39, 0.29) is 23.3 Å². The Morgan fingerprint density at radius 2 is 1.47 bits per heavy atom. The van der Waals surface area contributed by atoms with Gasteiger partial charge in [0, 0.05) is 17.1 Å². The Balaban J connectivity index is 1.25. The number of carbonyl (C=O) groups is 2. The molecule has 0 aliphatic heterocycles. The maximum Gasteiger partial charge on any atom is 0.234 e. The summed E-state index contributed by atoms with van der Waals surface area (Å²) in [5.41, 5.74) is 3.68. The molecule has 5 nitrogen and oxygen atoms in total. The Labute approximate surface area is 199 Å². The first-order valence-corrected chi connectivity index (χ1v) is 12.9. The van der Waals surface area contributed by atoms with E-state index in [2.05, 4.69) is 27.8 Å². The molecule has 0 aliphatic carbocycles. The monoisotopic (exact) mass is 479 g/mol. The summed E-state index contributed by atoms with van der Waals surface area (Å²) >= 11 is 4.62. The maximum absolute atomic E-state index is 12.3. The Bertz CT molecular complexity index is 1200. The highest BCUT2D eigenvalue weighted by Gasteiger charge is 2.09. The predicted octanol–water partition coefficient (Wildman–Crippen LogP) is 5.90. The molecule has 0 fully saturated rings. The molecular weight excluding hydrogens is 458 g/mol. The highest BCUT2D eigenvalue weighted by Crippen LogP contribution is 2.33. The smallest absolute Gasteiger partial charge is 0.234 e. The van der Waals surface area contributed by atoms with Crippen molar-refractivity contribution in [2.75, 3.05) is 22.1 Å². The van der Waals surface area contributed by atoms with Crippen LogP contribution in [0.4, 0.5) is 11.4 Å². The van der Waals surface area contributed by atoms with Gasteiger partial charge in [-0.3, -0.25) is 9.59 Å². The van der Waals surface area contributed by atoms with E-state index in [9.17, 15) is 9.59 Å². The zero-order chi connectivity index (χ0) is 22.2. The average molecular weight is 480 g/mol. The SMILES string of the molecule is O=C(CSCC(=O)Nc1ccc2nc(SCc3ccccc3)sc2c1)Nc1ccccc1. The van der Waals surface area contributed by atoms with Gasteiger partial charge in [0.25, 0.3) is 0 Å². The van der Waals surface area contributed by atoms with Crippen LogP contribution in [-0.2, 0) is 15.3 Å². The number of para-hydroxylation sites is 1. The summed E-state index contributed by atoms with van der Waals surface area (Å²) in [6.45, 7) is 0. The normalized spacial score (nSPS) is 10.8. The molecule has 162 valence electrons. The summed E-state index contributed by atoms with van der Waals surface area (Å²) in [5, 5.41) is 5.71. The van der Waals surface area contributed by atoms with Crippen LogP contribution in [0.1, 0.15) is 5.56 Å². The minimum atomic E-state index is -0.134. The second kappa shape index (κ2) is 11.2. The van der Waals surface area contributed by atoms with E-state index in [0.717, 1.165) is 31.7 Å². The third kappa shape index (κ3) is 6.59. The summed E-state index contributed by atoms with van der Waals surface area (Å²) in [5.74, 6) is 1.05. The van der Waals surface area contributed by atoms with Crippen molar-refractivity contribution in [3.05, 3.63) is 84.4 Å². The summed E-state index contributed by atoms with van der Waals surface area (Å²) in [6, 6.07) is 25.3. The number of amides is 2. The van der Waals surface area contributed by atoms with Crippen LogP contribution in [0.2, 0.25) is 0 Å². The Morgan fingerprint density at radius 1 is 0.812 bits per heavy atom. The largest absolute Gasteiger partial charge is 0.325 e. The van der Waals surface area contributed by atoms with Crippen molar-refractivity contribution in [3.63, 3.8) is 0 Å². The van der Waals surface area contributed by atoms with E-state index in [1.807, 2.05) is 66.7 Å². The standard InChI is InChI=1S/C24H21N3O2S3/c28-22(25-18-9-5-2-6-10-18)15-30-16-23(29)26-19-11-12-20-21(13-19)32-24(27-20)31-14-17-7-3-1-4-8-17/h1-13H,14-16H2,(H,25,28)(H,26,29). The lowest BCUT2D eigenvalue weighted by Crippen LogP contribution is -2.18. The van der Waals surface area contributed by atoms with Gasteiger partial charge in [0.15, 0.2) is 4.34 Å². The number of aromatic nitrogens is 1. The fourth-order valence-corrected chi connectivity index (χ4v) is 5.60. The second-order valence-corrected chi connectivity index (χ2v) is 10.1. The molecule has 0 unspecified atom stereocenters. The number of fused-ring (bicyclic) bond motifs is 1. The van der Waals surface area contributed by atoms with E-state index in [1.165, 1.54) is 17.3 Å². The predicted molar refractivity (Wildman–Crippen MR) is 137 cm³/mol. The third-order valence-electron chi connectivity index (χ3n) is 4.38. The van der Waals surface area contributed by atoms with Crippen molar-refractivity contribution < 1.29 is 9.59 Å². The summed E-state index contributed by atoms with van der Waals surface area (Å²) < 4.78 is 2.04. The van der Waals surface area contributed by atoms with Crippen molar-refractivity contribution in [1.82, 2.24) is 4.98 Å². The van der Waals surface area contributed by atoms with Gasteiger partial charge in [0.1, 0.15) is 0 Å². The van der Waals surface area contributed by atoms with Crippen LogP contribution < -0.4 is 10.6 Å². The molecule has 0 atom stereocenters. The molecule has 0 saturated carbocycles. The number of nitrogens with zero attached hydrogens (tertiary/aromatic N) is 1. The van der Waals surface area contributed by atoms with Crippen LogP contribution >= 0.6 is 34.9 Å². The van der Waals surface area contributed by atoms with Crippen molar-refractivity contribution in [2.45, 2.75) is 10.1 Å². The molecule has 0 aliphatic rings. The Kier molecular flexibility index (Phi) is 7.82. The molecule has 2 amide bonds. The van der Waals surface area contributed by atoms with Crippen LogP contribution in [0, 0.1) is 0 Å². The van der Waals surface area contributed by atoms with Crippen molar-refractivity contribution in [2.24, 2.45) is 0 Å². The van der Waals surface area contributed by atoms with Gasteiger partial charge in [0.05, 0.1) is 21.7 Å². The quantitative estimate of drug-likeness (QED) is 0.293. The number of hydrogen-bond donors (Lipinski definition) is 2. The molecular formula is C24H21N3O2S3. The van der Waals surface area contributed by atoms with Gasteiger partial charge in [-0.1, -0.05) is 60.3 Å². The molecule has 4 aromatic rings. The molecule has 3 aromatic carbocycles. The number of benzene rings is 3. The summed E-state index contributed by atoms with van der Waals surface area (Å²) in [4.78, 5) is 28.9. The lowest BCUT2D eigenvalue weighted by atomic mass is 10.2. The summed E-state index contributed by atoms with van der Waals surface area (Å²) in [6.07, 6.45) is 0. The van der Waals surface area contributed by atoms with E-state index < -0.39 is 0 Å². The minimum Gasteiger partial charge on any atom is -0.325 e.